The molecule has 0 spiro atoms. The summed E-state index contributed by atoms with van der Waals surface area (Å²) in [5.74, 6) is 0.659. The van der Waals surface area contributed by atoms with Crippen molar-refractivity contribution in [1.29, 1.82) is 0 Å². The van der Waals surface area contributed by atoms with Crippen LogP contribution >= 0.6 is 0 Å². The smallest absolute Gasteiger partial charge is 0.226 e. The summed E-state index contributed by atoms with van der Waals surface area (Å²) in [7, 11) is 0. The Morgan fingerprint density at radius 2 is 2.20 bits per heavy atom. The maximum Gasteiger partial charge on any atom is 0.226 e. The second-order valence-corrected chi connectivity index (χ2v) is 3.68. The number of nitrogens with zero attached hydrogens (tertiary/aromatic N) is 1. The highest BCUT2D eigenvalue weighted by Crippen LogP contribution is 2.22. The van der Waals surface area contributed by atoms with Crippen molar-refractivity contribution in [3.63, 3.8) is 0 Å². The van der Waals surface area contributed by atoms with Crippen LogP contribution < -0.4 is 5.73 Å². The van der Waals surface area contributed by atoms with Crippen molar-refractivity contribution in [2.24, 2.45) is 5.73 Å². The van der Waals surface area contributed by atoms with Gasteiger partial charge in [0.05, 0.1) is 6.20 Å². The fourth-order valence-electron chi connectivity index (χ4n) is 1.61. The van der Waals surface area contributed by atoms with Crippen LogP contribution in [-0.2, 0) is 6.42 Å². The summed E-state index contributed by atoms with van der Waals surface area (Å²) < 4.78 is 5.29. The molecule has 2 rings (SSSR count). The molecule has 0 saturated carbocycles. The molecule has 0 aliphatic carbocycles. The van der Waals surface area contributed by atoms with E-state index in [1.165, 1.54) is 5.56 Å². The molecular formula is C12H14N2O. The van der Waals surface area contributed by atoms with Crippen LogP contribution in [-0.4, -0.2) is 11.0 Å². The first-order chi connectivity index (χ1) is 7.27. The van der Waals surface area contributed by atoms with Gasteiger partial charge in [0, 0.05) is 11.6 Å². The zero-order valence-corrected chi connectivity index (χ0v) is 8.68. The van der Waals surface area contributed by atoms with Crippen LogP contribution in [0.4, 0.5) is 0 Å². The van der Waals surface area contributed by atoms with Gasteiger partial charge in [0.2, 0.25) is 5.89 Å². The van der Waals surface area contributed by atoms with Crippen molar-refractivity contribution < 1.29 is 4.42 Å². The van der Waals surface area contributed by atoms with Crippen LogP contribution in [0, 0.1) is 0 Å². The molecule has 0 aliphatic heterocycles. The maximum atomic E-state index is 5.80. The predicted octanol–water partition coefficient (Wildman–Crippen LogP) is 2.23. The SMILES string of the molecule is CC(N)Cc1ccccc1-c1ncco1. The average molecular weight is 202 g/mol. The Balaban J connectivity index is 2.38. The summed E-state index contributed by atoms with van der Waals surface area (Å²) in [6.45, 7) is 1.99. The number of oxazole rings is 1. The largest absolute Gasteiger partial charge is 0.445 e. The Kier molecular flexibility index (Phi) is 2.83. The van der Waals surface area contributed by atoms with E-state index in [9.17, 15) is 0 Å². The molecule has 0 bridgehead atoms. The summed E-state index contributed by atoms with van der Waals surface area (Å²) in [6.07, 6.45) is 4.06. The summed E-state index contributed by atoms with van der Waals surface area (Å²) in [5.41, 5.74) is 8.00. The molecule has 0 fully saturated rings. The fraction of sp³-hybridized carbons (Fsp3) is 0.250. The van der Waals surface area contributed by atoms with Gasteiger partial charge in [-0.3, -0.25) is 0 Å². The number of rotatable bonds is 3. The standard InChI is InChI=1S/C12H14N2O/c1-9(13)8-10-4-2-3-5-11(10)12-14-6-7-15-12/h2-7,9H,8,13H2,1H3. The molecule has 0 aliphatic rings. The Bertz CT molecular complexity index is 421. The normalized spacial score (nSPS) is 12.7. The summed E-state index contributed by atoms with van der Waals surface area (Å²) in [6, 6.07) is 8.18. The van der Waals surface area contributed by atoms with Gasteiger partial charge in [0.1, 0.15) is 6.26 Å². The van der Waals surface area contributed by atoms with Crippen LogP contribution in [0.5, 0.6) is 0 Å². The van der Waals surface area contributed by atoms with Gasteiger partial charge >= 0.3 is 0 Å². The van der Waals surface area contributed by atoms with E-state index in [4.69, 9.17) is 10.2 Å². The molecule has 3 nitrogen and oxygen atoms in total. The zero-order chi connectivity index (χ0) is 10.7. The minimum absolute atomic E-state index is 0.140. The highest BCUT2D eigenvalue weighted by Gasteiger charge is 2.09. The van der Waals surface area contributed by atoms with E-state index in [0.717, 1.165) is 12.0 Å². The second kappa shape index (κ2) is 4.28. The molecule has 1 aromatic heterocycles. The van der Waals surface area contributed by atoms with Crippen molar-refractivity contribution in [3.05, 3.63) is 42.3 Å². The number of benzene rings is 1. The van der Waals surface area contributed by atoms with Crippen LogP contribution in [0.25, 0.3) is 11.5 Å². The van der Waals surface area contributed by atoms with Crippen molar-refractivity contribution in [3.8, 4) is 11.5 Å². The first-order valence-electron chi connectivity index (χ1n) is 5.00. The van der Waals surface area contributed by atoms with Crippen molar-refractivity contribution in [2.75, 3.05) is 0 Å². The Labute approximate surface area is 88.9 Å². The predicted molar refractivity (Wildman–Crippen MR) is 59.3 cm³/mol. The summed E-state index contributed by atoms with van der Waals surface area (Å²) in [4.78, 5) is 4.15. The highest BCUT2D eigenvalue weighted by molar-refractivity contribution is 5.58. The average Bonchev–Trinajstić information content (AvgIpc) is 2.70. The molecule has 15 heavy (non-hydrogen) atoms. The number of aromatic nitrogens is 1. The maximum absolute atomic E-state index is 5.80. The van der Waals surface area contributed by atoms with Gasteiger partial charge in [0.15, 0.2) is 0 Å². The van der Waals surface area contributed by atoms with Crippen molar-refractivity contribution in [2.45, 2.75) is 19.4 Å². The Morgan fingerprint density at radius 1 is 1.40 bits per heavy atom. The van der Waals surface area contributed by atoms with Gasteiger partial charge in [0.25, 0.3) is 0 Å². The third-order valence-corrected chi connectivity index (χ3v) is 2.22. The third-order valence-electron chi connectivity index (χ3n) is 2.22. The molecule has 78 valence electrons. The number of hydrogen-bond acceptors (Lipinski definition) is 3. The zero-order valence-electron chi connectivity index (χ0n) is 8.68. The lowest BCUT2D eigenvalue weighted by atomic mass is 10.0. The van der Waals surface area contributed by atoms with E-state index in [0.29, 0.717) is 5.89 Å². The summed E-state index contributed by atoms with van der Waals surface area (Å²) in [5, 5.41) is 0. The van der Waals surface area contributed by atoms with Crippen molar-refractivity contribution in [1.82, 2.24) is 4.98 Å². The lowest BCUT2D eigenvalue weighted by molar-refractivity contribution is 0.573. The van der Waals surface area contributed by atoms with Gasteiger partial charge in [-0.15, -0.1) is 0 Å². The van der Waals surface area contributed by atoms with E-state index in [1.807, 2.05) is 25.1 Å². The van der Waals surface area contributed by atoms with E-state index < -0.39 is 0 Å². The molecule has 1 atom stereocenters. The molecule has 2 aromatic rings. The quantitative estimate of drug-likeness (QED) is 0.830. The minimum atomic E-state index is 0.140. The molecule has 1 aromatic carbocycles. The molecule has 0 radical (unpaired) electrons. The molecule has 1 heterocycles. The molecule has 3 heteroatoms. The van der Waals surface area contributed by atoms with E-state index in [2.05, 4.69) is 11.1 Å². The summed E-state index contributed by atoms with van der Waals surface area (Å²) >= 11 is 0. The fourth-order valence-corrected chi connectivity index (χ4v) is 1.61. The van der Waals surface area contributed by atoms with Gasteiger partial charge in [-0.05, 0) is 25.0 Å². The van der Waals surface area contributed by atoms with Gasteiger partial charge in [-0.1, -0.05) is 18.2 Å². The molecule has 1 unspecified atom stereocenters. The monoisotopic (exact) mass is 202 g/mol. The molecule has 0 amide bonds. The van der Waals surface area contributed by atoms with Crippen LogP contribution in [0.2, 0.25) is 0 Å². The second-order valence-electron chi connectivity index (χ2n) is 3.68. The highest BCUT2D eigenvalue weighted by atomic mass is 16.3. The molecular weight excluding hydrogens is 188 g/mol. The molecule has 2 N–H and O–H groups in total. The van der Waals surface area contributed by atoms with Crippen LogP contribution in [0.3, 0.4) is 0 Å². The van der Waals surface area contributed by atoms with Gasteiger partial charge in [-0.25, -0.2) is 4.98 Å². The minimum Gasteiger partial charge on any atom is -0.445 e. The van der Waals surface area contributed by atoms with E-state index in [1.54, 1.807) is 12.5 Å². The molecule has 0 saturated heterocycles. The van der Waals surface area contributed by atoms with E-state index in [-0.39, 0.29) is 6.04 Å². The topological polar surface area (TPSA) is 52.0 Å². The van der Waals surface area contributed by atoms with Gasteiger partial charge < -0.3 is 10.2 Å². The Morgan fingerprint density at radius 3 is 2.87 bits per heavy atom. The van der Waals surface area contributed by atoms with Crippen LogP contribution in [0.15, 0.2) is 41.1 Å². The number of hydrogen-bond donors (Lipinski definition) is 1. The number of nitrogens with two attached hydrogens (primary N) is 1. The van der Waals surface area contributed by atoms with Crippen molar-refractivity contribution >= 4 is 0 Å². The van der Waals surface area contributed by atoms with Crippen LogP contribution in [0.1, 0.15) is 12.5 Å². The first kappa shape index (κ1) is 9.93. The third kappa shape index (κ3) is 2.25. The lowest BCUT2D eigenvalue weighted by Gasteiger charge is -2.08. The first-order valence-corrected chi connectivity index (χ1v) is 5.00. The Hall–Kier alpha value is -1.61. The lowest BCUT2D eigenvalue weighted by Crippen LogP contribution is -2.18. The van der Waals surface area contributed by atoms with E-state index >= 15 is 0 Å². The van der Waals surface area contributed by atoms with Gasteiger partial charge in [-0.2, -0.15) is 0 Å².